The van der Waals surface area contributed by atoms with Gasteiger partial charge in [0.05, 0.1) is 22.2 Å². The van der Waals surface area contributed by atoms with Crippen LogP contribution in [0.4, 0.5) is 5.69 Å². The molecule has 1 aliphatic heterocycles. The van der Waals surface area contributed by atoms with Crippen molar-refractivity contribution in [1.82, 2.24) is 4.57 Å². The van der Waals surface area contributed by atoms with E-state index in [0.29, 0.717) is 17.0 Å². The largest absolute Gasteiger partial charge is 0.468 e. The number of carbonyl (C=O) groups is 2. The monoisotopic (exact) mass is 415 g/mol. The fraction of sp³-hybridized carbons (Fsp3) is 0.167. The number of rotatable bonds is 4. The second-order valence-corrected chi connectivity index (χ2v) is 6.95. The Morgan fingerprint density at radius 3 is 2.59 bits per heavy atom. The van der Waals surface area contributed by atoms with Gasteiger partial charge in [0, 0.05) is 29.8 Å². The molecule has 0 saturated carbocycles. The third-order valence-electron chi connectivity index (χ3n) is 4.21. The standard InChI is InChI=1S/C18H13N3O7S/c1-26-16(22)8-20-12-6-13-14(28-9-27-13)7-15(12)29-18(20)19-17(23)10-2-4-11(5-3-10)21(24)25/h2-7H,8-9H2,1H3. The van der Waals surface area contributed by atoms with Gasteiger partial charge in [-0.05, 0) is 12.1 Å². The van der Waals surface area contributed by atoms with Gasteiger partial charge in [-0.2, -0.15) is 4.99 Å². The summed E-state index contributed by atoms with van der Waals surface area (Å²) < 4.78 is 17.8. The molecule has 1 aliphatic rings. The van der Waals surface area contributed by atoms with Crippen LogP contribution in [0.1, 0.15) is 10.4 Å². The van der Waals surface area contributed by atoms with Crippen LogP contribution >= 0.6 is 11.3 Å². The smallest absolute Gasteiger partial charge is 0.325 e. The van der Waals surface area contributed by atoms with E-state index in [1.54, 1.807) is 16.7 Å². The van der Waals surface area contributed by atoms with Gasteiger partial charge in [0.15, 0.2) is 16.3 Å². The van der Waals surface area contributed by atoms with E-state index in [-0.39, 0.29) is 29.4 Å². The van der Waals surface area contributed by atoms with Gasteiger partial charge in [-0.1, -0.05) is 11.3 Å². The number of aromatic nitrogens is 1. The maximum Gasteiger partial charge on any atom is 0.325 e. The van der Waals surface area contributed by atoms with Gasteiger partial charge in [0.1, 0.15) is 6.54 Å². The Morgan fingerprint density at radius 1 is 1.24 bits per heavy atom. The number of nitro benzene ring substituents is 1. The Labute approximate surface area is 166 Å². The normalized spacial score (nSPS) is 12.9. The Bertz CT molecular complexity index is 1210. The topological polar surface area (TPSA) is 122 Å². The first kappa shape index (κ1) is 18.6. The predicted octanol–water partition coefficient (Wildman–Crippen LogP) is 2.25. The number of esters is 1. The first-order valence-electron chi connectivity index (χ1n) is 8.29. The third kappa shape index (κ3) is 3.55. The van der Waals surface area contributed by atoms with E-state index in [2.05, 4.69) is 4.99 Å². The Kier molecular flexibility index (Phi) is 4.72. The molecule has 10 nitrogen and oxygen atoms in total. The SMILES string of the molecule is COC(=O)Cn1c(=NC(=O)c2ccc([N+](=O)[O-])cc2)sc2cc3c(cc21)OCO3. The highest BCUT2D eigenvalue weighted by Crippen LogP contribution is 2.37. The van der Waals surface area contributed by atoms with Crippen LogP contribution in [-0.2, 0) is 16.1 Å². The molecule has 0 spiro atoms. The fourth-order valence-electron chi connectivity index (χ4n) is 2.77. The lowest BCUT2D eigenvalue weighted by molar-refractivity contribution is -0.384. The van der Waals surface area contributed by atoms with Gasteiger partial charge < -0.3 is 18.8 Å². The molecule has 4 rings (SSSR count). The molecule has 148 valence electrons. The number of carbonyl (C=O) groups excluding carboxylic acids is 2. The van der Waals surface area contributed by atoms with Gasteiger partial charge in [-0.15, -0.1) is 0 Å². The molecule has 0 fully saturated rings. The maximum atomic E-state index is 12.6. The van der Waals surface area contributed by atoms with E-state index in [9.17, 15) is 19.7 Å². The molecule has 2 heterocycles. The second kappa shape index (κ2) is 7.36. The summed E-state index contributed by atoms with van der Waals surface area (Å²) in [5.41, 5.74) is 0.699. The number of methoxy groups -OCH3 is 1. The molecular formula is C18H13N3O7S. The van der Waals surface area contributed by atoms with Gasteiger partial charge >= 0.3 is 5.97 Å². The van der Waals surface area contributed by atoms with Crippen LogP contribution < -0.4 is 14.3 Å². The lowest BCUT2D eigenvalue weighted by atomic mass is 10.2. The number of nitro groups is 1. The number of nitrogens with zero attached hydrogens (tertiary/aromatic N) is 3. The number of non-ortho nitro benzene ring substituents is 1. The summed E-state index contributed by atoms with van der Waals surface area (Å²) >= 11 is 1.20. The van der Waals surface area contributed by atoms with Crippen molar-refractivity contribution in [2.24, 2.45) is 4.99 Å². The fourth-order valence-corrected chi connectivity index (χ4v) is 3.81. The molecular weight excluding hydrogens is 402 g/mol. The zero-order valence-corrected chi connectivity index (χ0v) is 15.8. The van der Waals surface area contributed by atoms with Crippen LogP contribution in [0.2, 0.25) is 0 Å². The molecule has 0 unspecified atom stereocenters. The van der Waals surface area contributed by atoms with Crippen molar-refractivity contribution < 1.29 is 28.7 Å². The average Bonchev–Trinajstić information content (AvgIpc) is 3.30. The molecule has 0 saturated heterocycles. The van der Waals surface area contributed by atoms with E-state index < -0.39 is 16.8 Å². The summed E-state index contributed by atoms with van der Waals surface area (Å²) in [5, 5.41) is 10.8. The molecule has 0 atom stereocenters. The lowest BCUT2D eigenvalue weighted by Crippen LogP contribution is -2.22. The van der Waals surface area contributed by atoms with Crippen molar-refractivity contribution in [1.29, 1.82) is 0 Å². The molecule has 0 N–H and O–H groups in total. The van der Waals surface area contributed by atoms with Crippen LogP contribution in [0.25, 0.3) is 10.2 Å². The molecule has 1 amide bonds. The van der Waals surface area contributed by atoms with E-state index in [4.69, 9.17) is 14.2 Å². The number of hydrogen-bond donors (Lipinski definition) is 0. The van der Waals surface area contributed by atoms with Crippen molar-refractivity contribution in [3.63, 3.8) is 0 Å². The molecule has 29 heavy (non-hydrogen) atoms. The van der Waals surface area contributed by atoms with Gasteiger partial charge in [-0.3, -0.25) is 19.7 Å². The summed E-state index contributed by atoms with van der Waals surface area (Å²) in [6, 6.07) is 8.60. The van der Waals surface area contributed by atoms with Crippen LogP contribution in [0.3, 0.4) is 0 Å². The zero-order chi connectivity index (χ0) is 20.5. The Balaban J connectivity index is 1.80. The molecule has 3 aromatic rings. The highest BCUT2D eigenvalue weighted by molar-refractivity contribution is 7.16. The molecule has 0 bridgehead atoms. The van der Waals surface area contributed by atoms with E-state index in [0.717, 1.165) is 4.70 Å². The predicted molar refractivity (Wildman–Crippen MR) is 101 cm³/mol. The highest BCUT2D eigenvalue weighted by Gasteiger charge is 2.19. The number of fused-ring (bicyclic) bond motifs is 2. The number of benzene rings is 2. The molecule has 1 aromatic heterocycles. The molecule has 0 radical (unpaired) electrons. The summed E-state index contributed by atoms with van der Waals surface area (Å²) in [6.07, 6.45) is 0. The number of amides is 1. The maximum absolute atomic E-state index is 12.6. The minimum Gasteiger partial charge on any atom is -0.468 e. The van der Waals surface area contributed by atoms with Crippen molar-refractivity contribution in [2.45, 2.75) is 6.54 Å². The Morgan fingerprint density at radius 2 is 1.93 bits per heavy atom. The van der Waals surface area contributed by atoms with E-state index >= 15 is 0 Å². The van der Waals surface area contributed by atoms with E-state index in [1.807, 2.05) is 0 Å². The third-order valence-corrected chi connectivity index (χ3v) is 5.26. The molecule has 11 heteroatoms. The highest BCUT2D eigenvalue weighted by atomic mass is 32.1. The minimum absolute atomic E-state index is 0.111. The average molecular weight is 415 g/mol. The number of hydrogen-bond acceptors (Lipinski definition) is 8. The van der Waals surface area contributed by atoms with Crippen molar-refractivity contribution >= 4 is 39.1 Å². The van der Waals surface area contributed by atoms with E-state index in [1.165, 1.54) is 42.7 Å². The molecule has 0 aliphatic carbocycles. The van der Waals surface area contributed by atoms with Crippen LogP contribution in [-0.4, -0.2) is 35.3 Å². The van der Waals surface area contributed by atoms with Crippen molar-refractivity contribution in [2.75, 3.05) is 13.9 Å². The second-order valence-electron chi connectivity index (χ2n) is 5.94. The van der Waals surface area contributed by atoms with Crippen molar-refractivity contribution in [3.8, 4) is 11.5 Å². The summed E-state index contributed by atoms with van der Waals surface area (Å²) in [4.78, 5) is 39.1. The lowest BCUT2D eigenvalue weighted by Gasteiger charge is -2.04. The van der Waals surface area contributed by atoms with Crippen LogP contribution in [0.5, 0.6) is 11.5 Å². The Hall–Kier alpha value is -3.73. The first-order chi connectivity index (χ1) is 14.0. The van der Waals surface area contributed by atoms with Crippen molar-refractivity contribution in [3.05, 3.63) is 56.9 Å². The zero-order valence-electron chi connectivity index (χ0n) is 15.0. The number of thiazole rings is 1. The summed E-state index contributed by atoms with van der Waals surface area (Å²) in [5.74, 6) is -0.00362. The van der Waals surface area contributed by atoms with Gasteiger partial charge in [0.25, 0.3) is 11.6 Å². The quantitative estimate of drug-likeness (QED) is 0.364. The van der Waals surface area contributed by atoms with Crippen LogP contribution in [0.15, 0.2) is 41.4 Å². The van der Waals surface area contributed by atoms with Gasteiger partial charge in [-0.25, -0.2) is 0 Å². The minimum atomic E-state index is -0.592. The summed E-state index contributed by atoms with van der Waals surface area (Å²) in [7, 11) is 1.27. The first-order valence-corrected chi connectivity index (χ1v) is 9.11. The van der Waals surface area contributed by atoms with Gasteiger partial charge in [0.2, 0.25) is 6.79 Å². The molecule has 2 aromatic carbocycles. The summed E-state index contributed by atoms with van der Waals surface area (Å²) in [6.45, 7) is -0.0397. The van der Waals surface area contributed by atoms with Crippen LogP contribution in [0, 0.1) is 10.1 Å². The number of ether oxygens (including phenoxy) is 3.